The molecular weight excluding hydrogens is 234 g/mol. The Hall–Kier alpha value is -1.81. The van der Waals surface area contributed by atoms with E-state index in [-0.39, 0.29) is 11.7 Å². The van der Waals surface area contributed by atoms with Crippen LogP contribution in [0.25, 0.3) is 0 Å². The number of benzene rings is 1. The van der Waals surface area contributed by atoms with E-state index in [0.29, 0.717) is 16.8 Å². The molecule has 2 rings (SSSR count). The molecule has 0 saturated carbocycles. The van der Waals surface area contributed by atoms with Gasteiger partial charge in [0.25, 0.3) is 5.91 Å². The monoisotopic (exact) mass is 247 g/mol. The second-order valence-electron chi connectivity index (χ2n) is 3.87. The first-order valence-corrected chi connectivity index (χ1v) is 6.16. The molecule has 1 aromatic heterocycles. The van der Waals surface area contributed by atoms with E-state index in [9.17, 15) is 9.90 Å². The van der Waals surface area contributed by atoms with Crippen molar-refractivity contribution in [1.82, 2.24) is 0 Å². The average molecular weight is 247 g/mol. The Kier molecular flexibility index (Phi) is 3.15. The van der Waals surface area contributed by atoms with Crippen LogP contribution in [0, 0.1) is 13.8 Å². The highest BCUT2D eigenvalue weighted by atomic mass is 32.1. The van der Waals surface area contributed by atoms with Crippen LogP contribution in [0.15, 0.2) is 29.0 Å². The van der Waals surface area contributed by atoms with Gasteiger partial charge in [-0.3, -0.25) is 4.79 Å². The van der Waals surface area contributed by atoms with Crippen molar-refractivity contribution in [2.75, 3.05) is 5.32 Å². The maximum atomic E-state index is 12.0. The minimum atomic E-state index is -0.141. The fourth-order valence-corrected chi connectivity index (χ4v) is 2.37. The van der Waals surface area contributed by atoms with Gasteiger partial charge in [-0.05, 0) is 36.9 Å². The molecule has 1 heterocycles. The molecule has 1 amide bonds. The lowest BCUT2D eigenvalue weighted by molar-refractivity contribution is 0.102. The van der Waals surface area contributed by atoms with Crippen molar-refractivity contribution in [2.24, 2.45) is 0 Å². The number of aromatic hydroxyl groups is 1. The van der Waals surface area contributed by atoms with Crippen LogP contribution < -0.4 is 5.32 Å². The molecule has 0 aliphatic carbocycles. The summed E-state index contributed by atoms with van der Waals surface area (Å²) >= 11 is 1.50. The third-order valence-electron chi connectivity index (χ3n) is 2.65. The van der Waals surface area contributed by atoms with Crippen molar-refractivity contribution in [2.45, 2.75) is 13.8 Å². The summed E-state index contributed by atoms with van der Waals surface area (Å²) in [7, 11) is 0. The summed E-state index contributed by atoms with van der Waals surface area (Å²) in [5.41, 5.74) is 2.96. The molecule has 0 aliphatic rings. The third-order valence-corrected chi connectivity index (χ3v) is 3.52. The van der Waals surface area contributed by atoms with Gasteiger partial charge in [0.1, 0.15) is 5.75 Å². The van der Waals surface area contributed by atoms with Gasteiger partial charge in [0.2, 0.25) is 0 Å². The SMILES string of the molecule is Cc1cscc1C(=O)Nc1cccc(O)c1C. The Morgan fingerprint density at radius 1 is 1.29 bits per heavy atom. The van der Waals surface area contributed by atoms with E-state index in [1.807, 2.05) is 17.7 Å². The van der Waals surface area contributed by atoms with Crippen molar-refractivity contribution in [3.05, 3.63) is 45.6 Å². The molecule has 0 atom stereocenters. The van der Waals surface area contributed by atoms with E-state index in [1.165, 1.54) is 11.3 Å². The maximum Gasteiger partial charge on any atom is 0.256 e. The van der Waals surface area contributed by atoms with Gasteiger partial charge in [-0.1, -0.05) is 6.07 Å². The van der Waals surface area contributed by atoms with Crippen LogP contribution in [0.1, 0.15) is 21.5 Å². The third kappa shape index (κ3) is 2.31. The molecule has 0 radical (unpaired) electrons. The standard InChI is InChI=1S/C13H13NO2S/c1-8-6-17-7-10(8)13(16)14-11-4-3-5-12(15)9(11)2/h3-7,15H,1-2H3,(H,14,16). The van der Waals surface area contributed by atoms with Crippen LogP contribution in [0.2, 0.25) is 0 Å². The van der Waals surface area contributed by atoms with Gasteiger partial charge < -0.3 is 10.4 Å². The number of thiophene rings is 1. The number of hydrogen-bond donors (Lipinski definition) is 2. The summed E-state index contributed by atoms with van der Waals surface area (Å²) in [4.78, 5) is 12.0. The van der Waals surface area contributed by atoms with Gasteiger partial charge in [0.15, 0.2) is 0 Å². The predicted octanol–water partition coefficient (Wildman–Crippen LogP) is 3.32. The van der Waals surface area contributed by atoms with Gasteiger partial charge in [-0.25, -0.2) is 0 Å². The highest BCUT2D eigenvalue weighted by Crippen LogP contribution is 2.25. The zero-order chi connectivity index (χ0) is 12.4. The number of carbonyl (C=O) groups is 1. The van der Waals surface area contributed by atoms with Crippen LogP contribution in [0.3, 0.4) is 0 Å². The topological polar surface area (TPSA) is 49.3 Å². The van der Waals surface area contributed by atoms with Crippen LogP contribution in [0.4, 0.5) is 5.69 Å². The summed E-state index contributed by atoms with van der Waals surface area (Å²) in [5, 5.41) is 16.1. The Morgan fingerprint density at radius 2 is 2.06 bits per heavy atom. The average Bonchev–Trinajstić information content (AvgIpc) is 2.71. The van der Waals surface area contributed by atoms with E-state index >= 15 is 0 Å². The van der Waals surface area contributed by atoms with Gasteiger partial charge >= 0.3 is 0 Å². The Labute approximate surface area is 104 Å². The second kappa shape index (κ2) is 4.59. The molecular formula is C13H13NO2S. The van der Waals surface area contributed by atoms with Crippen molar-refractivity contribution < 1.29 is 9.90 Å². The lowest BCUT2D eigenvalue weighted by Crippen LogP contribution is -2.12. The number of hydrogen-bond acceptors (Lipinski definition) is 3. The van der Waals surface area contributed by atoms with E-state index < -0.39 is 0 Å². The molecule has 1 aromatic carbocycles. The van der Waals surface area contributed by atoms with Crippen LogP contribution in [-0.2, 0) is 0 Å². The number of nitrogens with one attached hydrogen (secondary N) is 1. The summed E-state index contributed by atoms with van der Waals surface area (Å²) in [6.45, 7) is 3.67. The lowest BCUT2D eigenvalue weighted by atomic mass is 10.1. The van der Waals surface area contributed by atoms with Gasteiger partial charge in [0, 0.05) is 16.6 Å². The normalized spacial score (nSPS) is 10.2. The minimum absolute atomic E-state index is 0.141. The summed E-state index contributed by atoms with van der Waals surface area (Å²) in [5.74, 6) is 0.0438. The fourth-order valence-electron chi connectivity index (χ4n) is 1.54. The van der Waals surface area contributed by atoms with Crippen LogP contribution >= 0.6 is 11.3 Å². The maximum absolute atomic E-state index is 12.0. The van der Waals surface area contributed by atoms with Crippen molar-refractivity contribution in [3.63, 3.8) is 0 Å². The van der Waals surface area contributed by atoms with Crippen LogP contribution in [-0.4, -0.2) is 11.0 Å². The first-order valence-electron chi connectivity index (χ1n) is 5.22. The number of anilines is 1. The zero-order valence-corrected chi connectivity index (χ0v) is 10.5. The molecule has 2 aromatic rings. The molecule has 0 aliphatic heterocycles. The highest BCUT2D eigenvalue weighted by Gasteiger charge is 2.11. The number of amides is 1. The predicted molar refractivity (Wildman–Crippen MR) is 69.9 cm³/mol. The van der Waals surface area contributed by atoms with E-state index in [4.69, 9.17) is 0 Å². The number of carbonyl (C=O) groups excluding carboxylic acids is 1. The van der Waals surface area contributed by atoms with Crippen molar-refractivity contribution in [3.8, 4) is 5.75 Å². The van der Waals surface area contributed by atoms with Gasteiger partial charge in [-0.2, -0.15) is 11.3 Å². The van der Waals surface area contributed by atoms with Gasteiger partial charge in [-0.15, -0.1) is 0 Å². The number of phenolic OH excluding ortho intramolecular Hbond substituents is 1. The first-order chi connectivity index (χ1) is 8.09. The zero-order valence-electron chi connectivity index (χ0n) is 9.65. The number of rotatable bonds is 2. The van der Waals surface area contributed by atoms with Gasteiger partial charge in [0.05, 0.1) is 5.56 Å². The summed E-state index contributed by atoms with van der Waals surface area (Å²) < 4.78 is 0. The Bertz CT molecular complexity index is 560. The molecule has 0 bridgehead atoms. The summed E-state index contributed by atoms with van der Waals surface area (Å²) in [6, 6.07) is 5.08. The van der Waals surface area contributed by atoms with Crippen molar-refractivity contribution >= 4 is 22.9 Å². The molecule has 2 N–H and O–H groups in total. The van der Waals surface area contributed by atoms with E-state index in [0.717, 1.165) is 5.56 Å². The number of aryl methyl sites for hydroxylation is 1. The summed E-state index contributed by atoms with van der Waals surface area (Å²) in [6.07, 6.45) is 0. The minimum Gasteiger partial charge on any atom is -0.508 e. The molecule has 0 fully saturated rings. The first kappa shape index (κ1) is 11.7. The molecule has 0 saturated heterocycles. The highest BCUT2D eigenvalue weighted by molar-refractivity contribution is 7.08. The van der Waals surface area contributed by atoms with E-state index in [1.54, 1.807) is 25.1 Å². The molecule has 0 spiro atoms. The molecule has 3 nitrogen and oxygen atoms in total. The lowest BCUT2D eigenvalue weighted by Gasteiger charge is -2.09. The molecule has 88 valence electrons. The molecule has 17 heavy (non-hydrogen) atoms. The van der Waals surface area contributed by atoms with Crippen molar-refractivity contribution in [1.29, 1.82) is 0 Å². The Balaban J connectivity index is 2.25. The quantitative estimate of drug-likeness (QED) is 0.855. The molecule has 0 unspecified atom stereocenters. The number of phenols is 1. The molecule has 4 heteroatoms. The van der Waals surface area contributed by atoms with Crippen LogP contribution in [0.5, 0.6) is 5.75 Å². The second-order valence-corrected chi connectivity index (χ2v) is 4.62. The van der Waals surface area contributed by atoms with E-state index in [2.05, 4.69) is 5.32 Å². The largest absolute Gasteiger partial charge is 0.508 e. The smallest absolute Gasteiger partial charge is 0.256 e. The fraction of sp³-hybridized carbons (Fsp3) is 0.154. The Morgan fingerprint density at radius 3 is 2.71 bits per heavy atom.